The zero-order chi connectivity index (χ0) is 15.4. The highest BCUT2D eigenvalue weighted by Gasteiger charge is 2.67. The molecule has 0 rings (SSSR count). The predicted octanol–water partition coefficient (Wildman–Crippen LogP) is 2.42. The molecule has 0 aliphatic carbocycles. The van der Waals surface area contributed by atoms with E-state index in [4.69, 9.17) is 5.11 Å². The minimum Gasteiger partial charge on any atom is -0.374 e. The molecule has 18 heavy (non-hydrogen) atoms. The van der Waals surface area contributed by atoms with Crippen LogP contribution in [0.15, 0.2) is 0 Å². The third-order valence-electron chi connectivity index (χ3n) is 1.60. The second-order valence-corrected chi connectivity index (χ2v) is 3.65. The van der Waals surface area contributed by atoms with Gasteiger partial charge in [0.15, 0.2) is 0 Å². The summed E-state index contributed by atoms with van der Waals surface area (Å²) in [5.74, 6) is -0.125. The van der Waals surface area contributed by atoms with Crippen LogP contribution in [0.25, 0.3) is 0 Å². The molecule has 0 unspecified atom stereocenters. The molecule has 108 valence electrons. The zero-order valence-corrected chi connectivity index (χ0v) is 9.74. The number of carbonyl (C=O) groups excluding carboxylic acids is 2. The van der Waals surface area contributed by atoms with E-state index in [0.717, 1.165) is 0 Å². The molecular weight excluding hydrogens is 270 g/mol. The summed E-state index contributed by atoms with van der Waals surface area (Å²) in [5, 5.41) is 7.94. The fraction of sp³-hybridized carbons (Fsp3) is 0.778. The van der Waals surface area contributed by atoms with Gasteiger partial charge in [0.05, 0.1) is 6.42 Å². The fourth-order valence-corrected chi connectivity index (χ4v) is 0.511. The van der Waals surface area contributed by atoms with Crippen LogP contribution in [-0.2, 0) is 9.59 Å². The van der Waals surface area contributed by atoms with Crippen LogP contribution in [0.5, 0.6) is 0 Å². The van der Waals surface area contributed by atoms with Crippen LogP contribution in [-0.4, -0.2) is 34.6 Å². The summed E-state index contributed by atoms with van der Waals surface area (Å²) >= 11 is 0. The number of hydrogen-bond acceptors (Lipinski definition) is 3. The van der Waals surface area contributed by atoms with Crippen LogP contribution >= 0.6 is 0 Å². The molecule has 0 fully saturated rings. The number of aliphatic hydroxyl groups is 1. The van der Waals surface area contributed by atoms with Crippen molar-refractivity contribution in [2.75, 3.05) is 0 Å². The van der Waals surface area contributed by atoms with Crippen LogP contribution in [0.1, 0.15) is 27.2 Å². The Morgan fingerprint density at radius 2 is 1.11 bits per heavy atom. The van der Waals surface area contributed by atoms with Crippen molar-refractivity contribution in [1.29, 1.82) is 0 Å². The van der Waals surface area contributed by atoms with Gasteiger partial charge in [0.2, 0.25) is 0 Å². The third-order valence-corrected chi connectivity index (χ3v) is 1.60. The van der Waals surface area contributed by atoms with Gasteiger partial charge in [-0.25, -0.2) is 0 Å². The summed E-state index contributed by atoms with van der Waals surface area (Å²) in [4.78, 5) is 20.1. The lowest BCUT2D eigenvalue weighted by Gasteiger charge is -2.28. The Morgan fingerprint density at radius 1 is 0.889 bits per heavy atom. The van der Waals surface area contributed by atoms with E-state index in [1.54, 1.807) is 0 Å². The maximum Gasteiger partial charge on any atom is 0.425 e. The number of Topliss-reactive ketones (excluding diaryl/α,β-unsaturated/α-hetero) is 2. The van der Waals surface area contributed by atoms with Crippen molar-refractivity contribution < 1.29 is 41.0 Å². The minimum absolute atomic E-state index is 0.0625. The highest BCUT2D eigenvalue weighted by atomic mass is 19.4. The number of rotatable bonds is 2. The van der Waals surface area contributed by atoms with Gasteiger partial charge in [-0.3, -0.25) is 9.59 Å². The molecule has 0 atom stereocenters. The van der Waals surface area contributed by atoms with E-state index in [0.29, 0.717) is 0 Å². The van der Waals surface area contributed by atoms with Gasteiger partial charge < -0.3 is 5.11 Å². The second kappa shape index (κ2) is 6.17. The second-order valence-electron chi connectivity index (χ2n) is 3.65. The summed E-state index contributed by atoms with van der Waals surface area (Å²) in [5.41, 5.74) is -4.62. The van der Waals surface area contributed by atoms with E-state index in [9.17, 15) is 35.9 Å². The molecule has 0 bridgehead atoms. The lowest BCUT2D eigenvalue weighted by atomic mass is 10.1. The number of hydrogen-bond donors (Lipinski definition) is 1. The van der Waals surface area contributed by atoms with E-state index in [-0.39, 0.29) is 24.9 Å². The Hall–Kier alpha value is -1.12. The van der Waals surface area contributed by atoms with Crippen LogP contribution in [0, 0.1) is 0 Å². The molecule has 0 aliphatic rings. The highest BCUT2D eigenvalue weighted by molar-refractivity contribution is 5.96. The van der Waals surface area contributed by atoms with Crippen molar-refractivity contribution >= 4 is 11.6 Å². The van der Waals surface area contributed by atoms with Crippen LogP contribution < -0.4 is 0 Å². The van der Waals surface area contributed by atoms with Crippen LogP contribution in [0.4, 0.5) is 26.3 Å². The Bertz CT molecular complexity index is 274. The lowest BCUT2D eigenvalue weighted by molar-refractivity contribution is -0.360. The molecule has 0 spiro atoms. The van der Waals surface area contributed by atoms with Gasteiger partial charge in [-0.15, -0.1) is 0 Å². The van der Waals surface area contributed by atoms with E-state index in [2.05, 4.69) is 0 Å². The summed E-state index contributed by atoms with van der Waals surface area (Å²) < 4.78 is 68.2. The molecule has 0 aromatic heterocycles. The largest absolute Gasteiger partial charge is 0.425 e. The van der Waals surface area contributed by atoms with Crippen molar-refractivity contribution in [2.45, 2.75) is 45.1 Å². The van der Waals surface area contributed by atoms with Crippen molar-refractivity contribution in [3.8, 4) is 0 Å². The van der Waals surface area contributed by atoms with Crippen molar-refractivity contribution in [1.82, 2.24) is 0 Å². The SMILES string of the molecule is CC(=O)CC(C)=O.CC(O)(C(F)(F)F)C(F)(F)F. The normalized spacial score (nSPS) is 12.6. The van der Waals surface area contributed by atoms with E-state index >= 15 is 0 Å². The molecular formula is C9H12F6O3. The van der Waals surface area contributed by atoms with Crippen molar-refractivity contribution in [3.05, 3.63) is 0 Å². The Kier molecular flexibility index (Phi) is 6.59. The summed E-state index contributed by atoms with van der Waals surface area (Å²) in [6.07, 6.45) is -11.3. The molecule has 0 saturated carbocycles. The summed E-state index contributed by atoms with van der Waals surface area (Å²) in [6.45, 7) is 2.47. The smallest absolute Gasteiger partial charge is 0.374 e. The van der Waals surface area contributed by atoms with Gasteiger partial charge in [-0.05, 0) is 20.8 Å². The highest BCUT2D eigenvalue weighted by Crippen LogP contribution is 2.42. The van der Waals surface area contributed by atoms with E-state index in [1.165, 1.54) is 13.8 Å². The summed E-state index contributed by atoms with van der Waals surface area (Å²) in [7, 11) is 0. The average molecular weight is 282 g/mol. The molecule has 0 amide bonds. The van der Waals surface area contributed by atoms with Gasteiger partial charge >= 0.3 is 12.4 Å². The first-order chi connectivity index (χ1) is 7.63. The van der Waals surface area contributed by atoms with Gasteiger partial charge in [0.25, 0.3) is 5.60 Å². The van der Waals surface area contributed by atoms with Crippen molar-refractivity contribution in [3.63, 3.8) is 0 Å². The topological polar surface area (TPSA) is 54.4 Å². The van der Waals surface area contributed by atoms with E-state index in [1.807, 2.05) is 0 Å². The third kappa shape index (κ3) is 6.58. The maximum atomic E-state index is 11.4. The lowest BCUT2D eigenvalue weighted by Crippen LogP contribution is -2.54. The molecule has 0 aliphatic heterocycles. The zero-order valence-electron chi connectivity index (χ0n) is 9.74. The van der Waals surface area contributed by atoms with Crippen LogP contribution in [0.3, 0.4) is 0 Å². The molecule has 3 nitrogen and oxygen atoms in total. The Morgan fingerprint density at radius 3 is 1.11 bits per heavy atom. The molecule has 9 heteroatoms. The van der Waals surface area contributed by atoms with E-state index < -0.39 is 18.0 Å². The van der Waals surface area contributed by atoms with Gasteiger partial charge in [-0.2, -0.15) is 26.3 Å². The molecule has 0 saturated heterocycles. The van der Waals surface area contributed by atoms with Crippen LogP contribution in [0.2, 0.25) is 0 Å². The molecule has 0 aromatic carbocycles. The number of halogens is 6. The molecule has 0 aromatic rings. The first kappa shape index (κ1) is 19.2. The predicted molar refractivity (Wildman–Crippen MR) is 48.7 cm³/mol. The average Bonchev–Trinajstić information content (AvgIpc) is 1.97. The molecule has 0 radical (unpaired) electrons. The Labute approximate surface area is 98.8 Å². The van der Waals surface area contributed by atoms with Crippen molar-refractivity contribution in [2.24, 2.45) is 0 Å². The van der Waals surface area contributed by atoms with Gasteiger partial charge in [0, 0.05) is 0 Å². The monoisotopic (exact) mass is 282 g/mol. The maximum absolute atomic E-state index is 11.4. The standard InChI is InChI=1S/C5H8O2.C4H4F6O/c1-4(6)3-5(2)7;1-2(11,3(5,6)7)4(8,9)10/h3H2,1-2H3;11H,1H3. The number of ketones is 2. The van der Waals surface area contributed by atoms with Gasteiger partial charge in [0.1, 0.15) is 11.6 Å². The first-order valence-corrected chi connectivity index (χ1v) is 4.47. The van der Waals surface area contributed by atoms with Gasteiger partial charge in [-0.1, -0.05) is 0 Å². The minimum atomic E-state index is -5.69. The molecule has 0 heterocycles. The number of alkyl halides is 6. The molecule has 1 N–H and O–H groups in total. The first-order valence-electron chi connectivity index (χ1n) is 4.47. The fourth-order valence-electron chi connectivity index (χ4n) is 0.511. The summed E-state index contributed by atoms with van der Waals surface area (Å²) in [6, 6.07) is 0. The quantitative estimate of drug-likeness (QED) is 0.625. The Balaban J connectivity index is 0. The number of carbonyl (C=O) groups is 2.